The minimum atomic E-state index is -4.42. The molecular formula is C28H27ClF2N6O3S. The quantitative estimate of drug-likeness (QED) is 0.287. The number of aromatic nitrogens is 3. The van der Waals surface area contributed by atoms with Crippen LogP contribution in [0.5, 0.6) is 0 Å². The Balaban J connectivity index is 1.34. The van der Waals surface area contributed by atoms with Crippen LogP contribution in [0.3, 0.4) is 0 Å². The summed E-state index contributed by atoms with van der Waals surface area (Å²) in [5.41, 5.74) is 2.46. The third-order valence-corrected chi connectivity index (χ3v) is 8.19. The van der Waals surface area contributed by atoms with E-state index in [1.165, 1.54) is 6.07 Å². The first kappa shape index (κ1) is 28.8. The van der Waals surface area contributed by atoms with Crippen LogP contribution in [0.25, 0.3) is 22.3 Å². The maximum Gasteiger partial charge on any atom is 0.323 e. The second-order valence-electron chi connectivity index (χ2n) is 9.83. The summed E-state index contributed by atoms with van der Waals surface area (Å²) in [6.07, 6.45) is 1.85. The molecule has 13 heteroatoms. The molecule has 1 saturated heterocycles. The summed E-state index contributed by atoms with van der Waals surface area (Å²) in [6, 6.07) is 14.6. The van der Waals surface area contributed by atoms with Crippen LogP contribution in [0.15, 0.2) is 65.7 Å². The largest absolute Gasteiger partial charge is 0.372 e. The number of hydrogen-bond acceptors (Lipinski definition) is 8. The molecule has 0 saturated carbocycles. The van der Waals surface area contributed by atoms with Crippen molar-refractivity contribution in [2.45, 2.75) is 43.3 Å². The lowest BCUT2D eigenvalue weighted by Gasteiger charge is -2.36. The average Bonchev–Trinajstić information content (AvgIpc) is 2.94. The number of carbonyl (C=O) groups excluding carboxylic acids is 1. The monoisotopic (exact) mass is 600 g/mol. The average molecular weight is 601 g/mol. The second kappa shape index (κ2) is 11.6. The summed E-state index contributed by atoms with van der Waals surface area (Å²) in [5, 5.41) is 3.37. The van der Waals surface area contributed by atoms with E-state index in [-0.39, 0.29) is 29.3 Å². The SMILES string of the molecule is C[C@@H]1CN(c2cccc(-c3ccc4cnc(CNC(=O)c5cc(Cl)cc([S@@](=N)(=O)C(F)F)c5)cc4n3)n2)C[C@H](C)O1. The van der Waals surface area contributed by atoms with Gasteiger partial charge in [0.1, 0.15) is 15.5 Å². The van der Waals surface area contributed by atoms with Gasteiger partial charge in [-0.3, -0.25) is 9.78 Å². The Morgan fingerprint density at radius 3 is 2.59 bits per heavy atom. The van der Waals surface area contributed by atoms with E-state index in [9.17, 15) is 17.8 Å². The van der Waals surface area contributed by atoms with Crippen molar-refractivity contribution in [1.82, 2.24) is 20.3 Å². The third kappa shape index (κ3) is 6.45. The minimum absolute atomic E-state index is 0.00869. The molecule has 3 atom stereocenters. The number of ether oxygens (including phenoxy) is 1. The lowest BCUT2D eigenvalue weighted by atomic mass is 10.1. The summed E-state index contributed by atoms with van der Waals surface area (Å²) in [6.45, 7) is 5.59. The van der Waals surface area contributed by atoms with Gasteiger partial charge in [-0.1, -0.05) is 17.7 Å². The van der Waals surface area contributed by atoms with Gasteiger partial charge in [-0.05, 0) is 62.4 Å². The van der Waals surface area contributed by atoms with Crippen LogP contribution in [-0.2, 0) is 21.0 Å². The predicted molar refractivity (Wildman–Crippen MR) is 153 cm³/mol. The molecule has 214 valence electrons. The van der Waals surface area contributed by atoms with Crippen LogP contribution < -0.4 is 10.2 Å². The number of halogens is 3. The molecule has 0 spiro atoms. The lowest BCUT2D eigenvalue weighted by molar-refractivity contribution is -0.00545. The van der Waals surface area contributed by atoms with Gasteiger partial charge in [0.2, 0.25) is 0 Å². The predicted octanol–water partition coefficient (Wildman–Crippen LogP) is 5.52. The summed E-state index contributed by atoms with van der Waals surface area (Å²) >= 11 is 5.95. The van der Waals surface area contributed by atoms with Crippen molar-refractivity contribution >= 4 is 44.0 Å². The molecule has 0 unspecified atom stereocenters. The summed E-state index contributed by atoms with van der Waals surface area (Å²) in [7, 11) is -4.42. The smallest absolute Gasteiger partial charge is 0.323 e. The number of amides is 1. The van der Waals surface area contributed by atoms with E-state index in [1.54, 1.807) is 12.3 Å². The highest BCUT2D eigenvalue weighted by Gasteiger charge is 2.25. The summed E-state index contributed by atoms with van der Waals surface area (Å²) in [5.74, 6) is -3.21. The van der Waals surface area contributed by atoms with Gasteiger partial charge < -0.3 is 15.0 Å². The Morgan fingerprint density at radius 1 is 1.12 bits per heavy atom. The summed E-state index contributed by atoms with van der Waals surface area (Å²) < 4.78 is 51.6. The first-order valence-corrected chi connectivity index (χ1v) is 14.8. The molecule has 0 radical (unpaired) electrons. The fraction of sp³-hybridized carbons (Fsp3) is 0.286. The van der Waals surface area contributed by atoms with Gasteiger partial charge in [0.15, 0.2) is 0 Å². The van der Waals surface area contributed by atoms with Gasteiger partial charge in [0, 0.05) is 35.3 Å². The van der Waals surface area contributed by atoms with Crippen LogP contribution in [0.1, 0.15) is 29.9 Å². The fourth-order valence-corrected chi connectivity index (χ4v) is 5.76. The van der Waals surface area contributed by atoms with E-state index < -0.39 is 26.3 Å². The van der Waals surface area contributed by atoms with Crippen molar-refractivity contribution in [3.05, 3.63) is 77.1 Å². The molecule has 4 heterocycles. The molecule has 1 aliphatic heterocycles. The first-order valence-electron chi connectivity index (χ1n) is 12.8. The zero-order chi connectivity index (χ0) is 29.3. The van der Waals surface area contributed by atoms with E-state index in [0.717, 1.165) is 42.1 Å². The zero-order valence-corrected chi connectivity index (χ0v) is 23.8. The number of alkyl halides is 2. The van der Waals surface area contributed by atoms with Crippen molar-refractivity contribution in [2.75, 3.05) is 18.0 Å². The minimum Gasteiger partial charge on any atom is -0.372 e. The molecule has 5 rings (SSSR count). The Bertz CT molecular complexity index is 1710. The number of anilines is 1. The van der Waals surface area contributed by atoms with E-state index in [1.807, 2.05) is 44.2 Å². The first-order chi connectivity index (χ1) is 19.5. The molecule has 1 fully saturated rings. The molecule has 3 aromatic heterocycles. The molecule has 0 aliphatic carbocycles. The Morgan fingerprint density at radius 2 is 1.85 bits per heavy atom. The molecule has 4 aromatic rings. The number of benzene rings is 1. The third-order valence-electron chi connectivity index (χ3n) is 6.54. The van der Waals surface area contributed by atoms with Gasteiger partial charge in [0.25, 0.3) is 5.91 Å². The molecule has 2 N–H and O–H groups in total. The Hall–Kier alpha value is -3.74. The van der Waals surface area contributed by atoms with E-state index in [2.05, 4.69) is 15.2 Å². The Kier molecular flexibility index (Phi) is 8.16. The van der Waals surface area contributed by atoms with Gasteiger partial charge >= 0.3 is 5.76 Å². The molecule has 1 aliphatic rings. The fourth-order valence-electron chi connectivity index (χ4n) is 4.65. The van der Waals surface area contributed by atoms with Gasteiger partial charge in [0.05, 0.1) is 46.2 Å². The van der Waals surface area contributed by atoms with Gasteiger partial charge in [-0.15, -0.1) is 0 Å². The van der Waals surface area contributed by atoms with Crippen LogP contribution in [0, 0.1) is 4.78 Å². The maximum absolute atomic E-state index is 13.1. The van der Waals surface area contributed by atoms with Crippen molar-refractivity contribution in [1.29, 1.82) is 4.78 Å². The second-order valence-corrected chi connectivity index (χ2v) is 12.3. The highest BCUT2D eigenvalue weighted by molar-refractivity contribution is 7.92. The normalized spacial score (nSPS) is 18.8. The standard InChI is InChI=1S/C28H27ClF2N6O3S/c1-16-14-37(15-17(2)40-16)26-5-3-4-23(36-26)24-7-6-18-12-33-21(11-25(18)35-24)13-34-27(38)19-8-20(29)10-22(9-19)41(32,39)28(30)31/h3-12,16-17,28,32H,13-15H2,1-2H3,(H,34,38)/t16-,17+,41-/m1/s1. The maximum atomic E-state index is 13.1. The number of fused-ring (bicyclic) bond motifs is 1. The van der Waals surface area contributed by atoms with Crippen molar-refractivity contribution < 1.29 is 22.5 Å². The highest BCUT2D eigenvalue weighted by Crippen LogP contribution is 2.26. The Labute approximate surface area is 240 Å². The molecule has 1 amide bonds. The van der Waals surface area contributed by atoms with Crippen molar-refractivity contribution in [3.8, 4) is 11.4 Å². The van der Waals surface area contributed by atoms with Gasteiger partial charge in [-0.2, -0.15) is 8.78 Å². The van der Waals surface area contributed by atoms with Crippen LogP contribution in [0.4, 0.5) is 14.6 Å². The number of rotatable bonds is 7. The van der Waals surface area contributed by atoms with E-state index in [0.29, 0.717) is 16.9 Å². The zero-order valence-electron chi connectivity index (χ0n) is 22.2. The van der Waals surface area contributed by atoms with Crippen LogP contribution in [0.2, 0.25) is 5.02 Å². The number of pyridine rings is 3. The number of nitrogens with zero attached hydrogens (tertiary/aromatic N) is 4. The van der Waals surface area contributed by atoms with Crippen molar-refractivity contribution in [3.63, 3.8) is 0 Å². The summed E-state index contributed by atoms with van der Waals surface area (Å²) in [4.78, 5) is 28.4. The number of carbonyl (C=O) groups is 1. The molecule has 41 heavy (non-hydrogen) atoms. The van der Waals surface area contributed by atoms with Crippen molar-refractivity contribution in [2.24, 2.45) is 0 Å². The van der Waals surface area contributed by atoms with E-state index >= 15 is 0 Å². The number of morpholine rings is 1. The van der Waals surface area contributed by atoms with Gasteiger partial charge in [-0.25, -0.2) is 19.0 Å². The topological polar surface area (TPSA) is 121 Å². The van der Waals surface area contributed by atoms with E-state index in [4.69, 9.17) is 31.1 Å². The number of hydrogen-bond donors (Lipinski definition) is 2. The lowest BCUT2D eigenvalue weighted by Crippen LogP contribution is -2.45. The number of nitrogens with one attached hydrogen (secondary N) is 2. The van der Waals surface area contributed by atoms with Crippen LogP contribution in [-0.4, -0.2) is 56.1 Å². The molecule has 1 aromatic carbocycles. The molecular weight excluding hydrogens is 574 g/mol. The molecule has 9 nitrogen and oxygen atoms in total. The van der Waals surface area contributed by atoms with Crippen LogP contribution >= 0.6 is 11.6 Å². The highest BCUT2D eigenvalue weighted by atomic mass is 35.5. The molecule has 0 bridgehead atoms.